The molecule has 2 amide bonds. The highest BCUT2D eigenvalue weighted by Crippen LogP contribution is 2.38. The molecule has 126 valence electrons. The van der Waals surface area contributed by atoms with Gasteiger partial charge in [0, 0.05) is 17.5 Å². The van der Waals surface area contributed by atoms with Crippen molar-refractivity contribution in [1.29, 1.82) is 0 Å². The summed E-state index contributed by atoms with van der Waals surface area (Å²) in [6.45, 7) is 4.06. The Morgan fingerprint density at radius 2 is 1.91 bits per heavy atom. The molecule has 5 heteroatoms. The minimum Gasteiger partial charge on any atom is -0.326 e. The maximum atomic E-state index is 12.4. The predicted molar refractivity (Wildman–Crippen MR) is 94.8 cm³/mol. The van der Waals surface area contributed by atoms with Crippen LogP contribution in [0.3, 0.4) is 0 Å². The number of carbonyl (C=O) groups is 2. The molecule has 1 aromatic carbocycles. The van der Waals surface area contributed by atoms with Crippen molar-refractivity contribution >= 4 is 34.8 Å². The number of hydrogen-bond acceptors (Lipinski definition) is 2. The molecule has 0 aliphatic heterocycles. The summed E-state index contributed by atoms with van der Waals surface area (Å²) in [4.78, 5) is 24.2. The van der Waals surface area contributed by atoms with E-state index in [0.29, 0.717) is 22.8 Å². The molecular formula is C18H25ClN2O2. The molecule has 0 radical (unpaired) electrons. The predicted octanol–water partition coefficient (Wildman–Crippen LogP) is 4.99. The Balaban J connectivity index is 1.98. The van der Waals surface area contributed by atoms with Gasteiger partial charge in [-0.2, -0.15) is 0 Å². The van der Waals surface area contributed by atoms with Gasteiger partial charge in [-0.25, -0.2) is 0 Å². The number of rotatable bonds is 6. The molecule has 0 atom stereocenters. The number of nitrogens with one attached hydrogen (secondary N) is 2. The molecule has 2 N–H and O–H groups in total. The number of amides is 2. The van der Waals surface area contributed by atoms with E-state index in [1.807, 2.05) is 13.8 Å². The second-order valence-corrected chi connectivity index (χ2v) is 6.98. The molecule has 0 saturated heterocycles. The summed E-state index contributed by atoms with van der Waals surface area (Å²) in [6, 6.07) is 5.20. The SMILES string of the molecule is CCCCC(=O)Nc1ccc(NC(=O)C2(C)CCCC2)cc1Cl. The molecule has 0 heterocycles. The van der Waals surface area contributed by atoms with Gasteiger partial charge in [0.05, 0.1) is 10.7 Å². The fourth-order valence-electron chi connectivity index (χ4n) is 2.91. The average Bonchev–Trinajstić information content (AvgIpc) is 2.96. The van der Waals surface area contributed by atoms with E-state index in [0.717, 1.165) is 38.5 Å². The molecule has 1 saturated carbocycles. The molecule has 0 spiro atoms. The number of hydrogen-bond donors (Lipinski definition) is 2. The lowest BCUT2D eigenvalue weighted by molar-refractivity contribution is -0.124. The lowest BCUT2D eigenvalue weighted by atomic mass is 9.88. The van der Waals surface area contributed by atoms with Crippen molar-refractivity contribution in [3.63, 3.8) is 0 Å². The van der Waals surface area contributed by atoms with Crippen molar-refractivity contribution in [1.82, 2.24) is 0 Å². The number of carbonyl (C=O) groups excluding carboxylic acids is 2. The number of anilines is 2. The Morgan fingerprint density at radius 3 is 2.52 bits per heavy atom. The van der Waals surface area contributed by atoms with Gasteiger partial charge in [0.2, 0.25) is 11.8 Å². The molecule has 0 aromatic heterocycles. The maximum Gasteiger partial charge on any atom is 0.230 e. The van der Waals surface area contributed by atoms with E-state index in [4.69, 9.17) is 11.6 Å². The van der Waals surface area contributed by atoms with Crippen LogP contribution in [-0.4, -0.2) is 11.8 Å². The van der Waals surface area contributed by atoms with Gasteiger partial charge in [-0.15, -0.1) is 0 Å². The van der Waals surface area contributed by atoms with E-state index in [-0.39, 0.29) is 17.2 Å². The summed E-state index contributed by atoms with van der Waals surface area (Å²) < 4.78 is 0. The zero-order valence-corrected chi connectivity index (χ0v) is 14.6. The van der Waals surface area contributed by atoms with E-state index in [9.17, 15) is 9.59 Å². The van der Waals surface area contributed by atoms with Crippen molar-refractivity contribution in [2.24, 2.45) is 5.41 Å². The highest BCUT2D eigenvalue weighted by atomic mass is 35.5. The summed E-state index contributed by atoms with van der Waals surface area (Å²) in [5.74, 6) is 0.00907. The third-order valence-corrected chi connectivity index (χ3v) is 4.83. The van der Waals surface area contributed by atoms with Crippen molar-refractivity contribution in [2.75, 3.05) is 10.6 Å². The third kappa shape index (κ3) is 4.71. The average molecular weight is 337 g/mol. The van der Waals surface area contributed by atoms with Crippen LogP contribution >= 0.6 is 11.6 Å². The van der Waals surface area contributed by atoms with Crippen molar-refractivity contribution in [2.45, 2.75) is 58.8 Å². The first-order valence-electron chi connectivity index (χ1n) is 8.35. The van der Waals surface area contributed by atoms with Crippen LogP contribution in [0.1, 0.15) is 58.8 Å². The monoisotopic (exact) mass is 336 g/mol. The van der Waals surface area contributed by atoms with Crippen LogP contribution in [0.15, 0.2) is 18.2 Å². The standard InChI is InChI=1S/C18H25ClN2O2/c1-3-4-7-16(22)21-15-9-8-13(12-14(15)19)20-17(23)18(2)10-5-6-11-18/h8-9,12H,3-7,10-11H2,1-2H3,(H,20,23)(H,21,22). The third-order valence-electron chi connectivity index (χ3n) is 4.51. The largest absolute Gasteiger partial charge is 0.326 e. The first kappa shape index (κ1) is 17.8. The van der Waals surface area contributed by atoms with E-state index in [1.165, 1.54) is 0 Å². The van der Waals surface area contributed by atoms with Gasteiger partial charge in [-0.3, -0.25) is 9.59 Å². The Morgan fingerprint density at radius 1 is 1.22 bits per heavy atom. The van der Waals surface area contributed by atoms with Crippen LogP contribution in [0.4, 0.5) is 11.4 Å². The second-order valence-electron chi connectivity index (χ2n) is 6.57. The Kier molecular flexibility index (Phi) is 6.05. The number of benzene rings is 1. The quantitative estimate of drug-likeness (QED) is 0.769. The van der Waals surface area contributed by atoms with Crippen molar-refractivity contribution in [3.8, 4) is 0 Å². The van der Waals surface area contributed by atoms with Gasteiger partial charge in [0.15, 0.2) is 0 Å². The molecule has 2 rings (SSSR count). The topological polar surface area (TPSA) is 58.2 Å². The Labute approximate surface area is 143 Å². The van der Waals surface area contributed by atoms with Crippen LogP contribution in [0.25, 0.3) is 0 Å². The minimum absolute atomic E-state index is 0.0380. The van der Waals surface area contributed by atoms with Gasteiger partial charge >= 0.3 is 0 Å². The highest BCUT2D eigenvalue weighted by Gasteiger charge is 2.36. The lowest BCUT2D eigenvalue weighted by Gasteiger charge is -2.22. The highest BCUT2D eigenvalue weighted by molar-refractivity contribution is 6.34. The van der Waals surface area contributed by atoms with Gasteiger partial charge < -0.3 is 10.6 Å². The zero-order chi connectivity index (χ0) is 16.9. The van der Waals surface area contributed by atoms with E-state index in [1.54, 1.807) is 18.2 Å². The fraction of sp³-hybridized carbons (Fsp3) is 0.556. The molecule has 1 fully saturated rings. The summed E-state index contributed by atoms with van der Waals surface area (Å²) in [5.41, 5.74) is 0.969. The van der Waals surface area contributed by atoms with E-state index >= 15 is 0 Å². The number of halogens is 1. The summed E-state index contributed by atoms with van der Waals surface area (Å²) >= 11 is 6.22. The van der Waals surface area contributed by atoms with E-state index < -0.39 is 0 Å². The smallest absolute Gasteiger partial charge is 0.230 e. The minimum atomic E-state index is -0.278. The Hall–Kier alpha value is -1.55. The molecule has 1 aliphatic rings. The number of unbranched alkanes of at least 4 members (excludes halogenated alkanes) is 1. The second kappa shape index (κ2) is 7.82. The summed E-state index contributed by atoms with van der Waals surface area (Å²) in [5, 5.41) is 6.18. The summed E-state index contributed by atoms with van der Waals surface area (Å²) in [7, 11) is 0. The molecule has 0 bridgehead atoms. The zero-order valence-electron chi connectivity index (χ0n) is 13.9. The molecule has 4 nitrogen and oxygen atoms in total. The molecular weight excluding hydrogens is 312 g/mol. The van der Waals surface area contributed by atoms with Gasteiger partial charge in [-0.1, -0.05) is 44.7 Å². The van der Waals surface area contributed by atoms with Crippen LogP contribution in [0, 0.1) is 5.41 Å². The van der Waals surface area contributed by atoms with Crippen LogP contribution in [0.5, 0.6) is 0 Å². The molecule has 1 aromatic rings. The van der Waals surface area contributed by atoms with Crippen molar-refractivity contribution < 1.29 is 9.59 Å². The van der Waals surface area contributed by atoms with Gasteiger partial charge in [0.25, 0.3) is 0 Å². The van der Waals surface area contributed by atoms with Gasteiger partial charge in [-0.05, 0) is 37.5 Å². The Bertz CT molecular complexity index is 580. The lowest BCUT2D eigenvalue weighted by Crippen LogP contribution is -2.30. The van der Waals surface area contributed by atoms with Crippen LogP contribution in [-0.2, 0) is 9.59 Å². The molecule has 23 heavy (non-hydrogen) atoms. The fourth-order valence-corrected chi connectivity index (χ4v) is 3.14. The van der Waals surface area contributed by atoms with Crippen molar-refractivity contribution in [3.05, 3.63) is 23.2 Å². The first-order valence-corrected chi connectivity index (χ1v) is 8.73. The maximum absolute atomic E-state index is 12.4. The first-order chi connectivity index (χ1) is 10.9. The molecule has 0 unspecified atom stereocenters. The van der Waals surface area contributed by atoms with E-state index in [2.05, 4.69) is 10.6 Å². The van der Waals surface area contributed by atoms with Crippen LogP contribution in [0.2, 0.25) is 5.02 Å². The normalized spacial score (nSPS) is 16.1. The molecule has 1 aliphatic carbocycles. The summed E-state index contributed by atoms with van der Waals surface area (Å²) in [6.07, 6.45) is 6.39. The van der Waals surface area contributed by atoms with Gasteiger partial charge in [0.1, 0.15) is 0 Å². The van der Waals surface area contributed by atoms with Crippen LogP contribution < -0.4 is 10.6 Å².